The molecule has 5 heteroatoms. The molecule has 0 spiro atoms. The molecule has 1 aromatic carbocycles. The largest absolute Gasteiger partial charge is 0.328 e. The van der Waals surface area contributed by atoms with E-state index in [0.29, 0.717) is 24.3 Å². The van der Waals surface area contributed by atoms with Crippen LogP contribution in [-0.4, -0.2) is 12.3 Å². The van der Waals surface area contributed by atoms with Crippen molar-refractivity contribution in [2.24, 2.45) is 5.73 Å². The fraction of sp³-hybridized carbons (Fsp3) is 0.200. The third-order valence-electron chi connectivity index (χ3n) is 1.86. The van der Waals surface area contributed by atoms with Crippen LogP contribution in [0.25, 0.3) is 0 Å². The molecule has 0 saturated carbocycles. The van der Waals surface area contributed by atoms with E-state index in [-0.39, 0.29) is 5.91 Å². The highest BCUT2D eigenvalue weighted by atomic mass is 16.1. The summed E-state index contributed by atoms with van der Waals surface area (Å²) in [6.07, 6.45) is 0.590. The Kier molecular flexibility index (Phi) is 3.82. The molecule has 0 aliphatic heterocycles. The molecule has 1 rings (SSSR count). The fourth-order valence-corrected chi connectivity index (χ4v) is 1.25. The average Bonchev–Trinajstić information content (AvgIpc) is 2.20. The molecule has 0 aromatic heterocycles. The van der Waals surface area contributed by atoms with Crippen LogP contribution >= 0.6 is 0 Å². The Balaban J connectivity index is 2.96. The maximum absolute atomic E-state index is 10.8. The normalized spacial score (nSPS) is 9.47. The zero-order valence-electron chi connectivity index (χ0n) is 8.41. The van der Waals surface area contributed by atoms with Gasteiger partial charge in [-0.3, -0.25) is 9.59 Å². The minimum Gasteiger partial charge on any atom is -0.328 e. The molecule has 0 atom stereocenters. The van der Waals surface area contributed by atoms with Gasteiger partial charge in [0.2, 0.25) is 12.3 Å². The molecule has 4 N–H and O–H groups in total. The van der Waals surface area contributed by atoms with E-state index >= 15 is 0 Å². The first-order chi connectivity index (χ1) is 7.17. The molecule has 0 radical (unpaired) electrons. The molecule has 0 aliphatic rings. The van der Waals surface area contributed by atoms with Crippen LogP contribution < -0.4 is 16.4 Å². The molecule has 0 bridgehead atoms. The first kappa shape index (κ1) is 11.2. The van der Waals surface area contributed by atoms with Crippen LogP contribution in [0.1, 0.15) is 12.5 Å². The second-order valence-electron chi connectivity index (χ2n) is 3.02. The van der Waals surface area contributed by atoms with Crippen LogP contribution in [-0.2, 0) is 16.1 Å². The fourth-order valence-electron chi connectivity index (χ4n) is 1.25. The summed E-state index contributed by atoms with van der Waals surface area (Å²) < 4.78 is 0. The Hall–Kier alpha value is -1.88. The average molecular weight is 207 g/mol. The van der Waals surface area contributed by atoms with Gasteiger partial charge in [-0.15, -0.1) is 0 Å². The van der Waals surface area contributed by atoms with Crippen molar-refractivity contribution in [2.45, 2.75) is 13.5 Å². The summed E-state index contributed by atoms with van der Waals surface area (Å²) in [6.45, 7) is 1.73. The monoisotopic (exact) mass is 207 g/mol. The number of amides is 2. The summed E-state index contributed by atoms with van der Waals surface area (Å²) in [7, 11) is 0. The summed E-state index contributed by atoms with van der Waals surface area (Å²) in [6, 6.07) is 5.13. The van der Waals surface area contributed by atoms with Crippen molar-refractivity contribution >= 4 is 23.7 Å². The van der Waals surface area contributed by atoms with E-state index in [4.69, 9.17) is 5.73 Å². The molecule has 0 unspecified atom stereocenters. The highest BCUT2D eigenvalue weighted by molar-refractivity contribution is 5.89. The minimum absolute atomic E-state index is 0.144. The summed E-state index contributed by atoms with van der Waals surface area (Å²) in [5, 5.41) is 5.17. The molecule has 0 heterocycles. The van der Waals surface area contributed by atoms with Crippen molar-refractivity contribution in [3.05, 3.63) is 23.8 Å². The van der Waals surface area contributed by atoms with E-state index in [1.165, 1.54) is 6.92 Å². The summed E-state index contributed by atoms with van der Waals surface area (Å²) in [5.41, 5.74) is 7.60. The number of nitrogens with one attached hydrogen (secondary N) is 2. The Morgan fingerprint density at radius 1 is 1.53 bits per heavy atom. The lowest BCUT2D eigenvalue weighted by Gasteiger charge is -2.09. The van der Waals surface area contributed by atoms with Crippen LogP contribution in [0.15, 0.2) is 18.2 Å². The summed E-state index contributed by atoms with van der Waals surface area (Å²) in [4.78, 5) is 21.1. The van der Waals surface area contributed by atoms with E-state index in [1.54, 1.807) is 18.2 Å². The number of carbonyl (C=O) groups excluding carboxylic acids is 2. The standard InChI is InChI=1S/C10H13N3O2/c1-7(15)13-9-2-3-10(12-6-14)8(4-9)5-11/h2-4,6H,5,11H2,1H3,(H,12,14)(H,13,15). The third-order valence-corrected chi connectivity index (χ3v) is 1.86. The Labute approximate surface area is 87.7 Å². The van der Waals surface area contributed by atoms with Crippen molar-refractivity contribution in [3.8, 4) is 0 Å². The van der Waals surface area contributed by atoms with Gasteiger partial charge in [0.05, 0.1) is 0 Å². The van der Waals surface area contributed by atoms with Crippen molar-refractivity contribution in [2.75, 3.05) is 10.6 Å². The maximum atomic E-state index is 10.8. The van der Waals surface area contributed by atoms with Gasteiger partial charge in [0.1, 0.15) is 0 Å². The number of rotatable bonds is 4. The SMILES string of the molecule is CC(=O)Nc1ccc(NC=O)c(CN)c1. The number of nitrogens with two attached hydrogens (primary N) is 1. The predicted molar refractivity (Wildman–Crippen MR) is 58.3 cm³/mol. The van der Waals surface area contributed by atoms with Gasteiger partial charge in [0.25, 0.3) is 0 Å². The molecule has 1 aromatic rings. The topological polar surface area (TPSA) is 84.2 Å². The van der Waals surface area contributed by atoms with Gasteiger partial charge in [-0.2, -0.15) is 0 Å². The molecule has 80 valence electrons. The highest BCUT2D eigenvalue weighted by Crippen LogP contribution is 2.19. The number of carbonyl (C=O) groups is 2. The van der Waals surface area contributed by atoms with E-state index in [2.05, 4.69) is 10.6 Å². The van der Waals surface area contributed by atoms with Crippen LogP contribution in [0.4, 0.5) is 11.4 Å². The van der Waals surface area contributed by atoms with Gasteiger partial charge in [0.15, 0.2) is 0 Å². The van der Waals surface area contributed by atoms with Gasteiger partial charge in [0, 0.05) is 24.8 Å². The zero-order chi connectivity index (χ0) is 11.3. The van der Waals surface area contributed by atoms with Crippen molar-refractivity contribution in [1.82, 2.24) is 0 Å². The third kappa shape index (κ3) is 3.07. The van der Waals surface area contributed by atoms with Gasteiger partial charge < -0.3 is 16.4 Å². The minimum atomic E-state index is -0.144. The smallest absolute Gasteiger partial charge is 0.221 e. The molecule has 5 nitrogen and oxygen atoms in total. The van der Waals surface area contributed by atoms with Gasteiger partial charge in [-0.05, 0) is 23.8 Å². The van der Waals surface area contributed by atoms with Crippen molar-refractivity contribution in [1.29, 1.82) is 0 Å². The second kappa shape index (κ2) is 5.11. The van der Waals surface area contributed by atoms with E-state index in [1.807, 2.05) is 0 Å². The summed E-state index contributed by atoms with van der Waals surface area (Å²) >= 11 is 0. The van der Waals surface area contributed by atoms with Gasteiger partial charge in [-0.1, -0.05) is 0 Å². The van der Waals surface area contributed by atoms with E-state index < -0.39 is 0 Å². The molecule has 0 fully saturated rings. The number of benzene rings is 1. The van der Waals surface area contributed by atoms with E-state index in [0.717, 1.165) is 5.56 Å². The quantitative estimate of drug-likeness (QED) is 0.634. The van der Waals surface area contributed by atoms with Gasteiger partial charge in [-0.25, -0.2) is 0 Å². The molecular formula is C10H13N3O2. The molecule has 0 saturated heterocycles. The van der Waals surface area contributed by atoms with Crippen LogP contribution in [0.3, 0.4) is 0 Å². The molecule has 15 heavy (non-hydrogen) atoms. The second-order valence-corrected chi connectivity index (χ2v) is 3.02. The Bertz CT molecular complexity index is 377. The Morgan fingerprint density at radius 3 is 2.80 bits per heavy atom. The molecule has 0 aliphatic carbocycles. The number of hydrogen-bond donors (Lipinski definition) is 3. The molecular weight excluding hydrogens is 194 g/mol. The zero-order valence-corrected chi connectivity index (χ0v) is 8.41. The van der Waals surface area contributed by atoms with E-state index in [9.17, 15) is 9.59 Å². The van der Waals surface area contributed by atoms with Crippen LogP contribution in [0, 0.1) is 0 Å². The molecule has 2 amide bonds. The van der Waals surface area contributed by atoms with Crippen molar-refractivity contribution in [3.63, 3.8) is 0 Å². The maximum Gasteiger partial charge on any atom is 0.221 e. The van der Waals surface area contributed by atoms with Crippen molar-refractivity contribution < 1.29 is 9.59 Å². The highest BCUT2D eigenvalue weighted by Gasteiger charge is 2.02. The number of anilines is 2. The lowest BCUT2D eigenvalue weighted by atomic mass is 10.1. The first-order valence-corrected chi connectivity index (χ1v) is 4.48. The van der Waals surface area contributed by atoms with Crippen LogP contribution in [0.2, 0.25) is 0 Å². The van der Waals surface area contributed by atoms with Crippen LogP contribution in [0.5, 0.6) is 0 Å². The Morgan fingerprint density at radius 2 is 2.27 bits per heavy atom. The lowest BCUT2D eigenvalue weighted by molar-refractivity contribution is -0.114. The number of hydrogen-bond acceptors (Lipinski definition) is 3. The summed E-state index contributed by atoms with van der Waals surface area (Å²) in [5.74, 6) is -0.144. The van der Waals surface area contributed by atoms with Gasteiger partial charge >= 0.3 is 0 Å². The lowest BCUT2D eigenvalue weighted by Crippen LogP contribution is -2.08. The predicted octanol–water partition coefficient (Wildman–Crippen LogP) is 0.672. The first-order valence-electron chi connectivity index (χ1n) is 4.48.